The van der Waals surface area contributed by atoms with Crippen LogP contribution in [0.4, 0.5) is 0 Å². The summed E-state index contributed by atoms with van der Waals surface area (Å²) in [5.41, 5.74) is 0.944. The van der Waals surface area contributed by atoms with Gasteiger partial charge in [-0.05, 0) is 11.6 Å². The van der Waals surface area contributed by atoms with Gasteiger partial charge in [0.05, 0.1) is 22.8 Å². The first kappa shape index (κ1) is 13.1. The molecule has 0 saturated heterocycles. The average Bonchev–Trinajstić information content (AvgIpc) is 2.24. The van der Waals surface area contributed by atoms with Crippen LogP contribution < -0.4 is 0 Å². The second kappa shape index (κ2) is 6.61. The van der Waals surface area contributed by atoms with Gasteiger partial charge < -0.3 is 10.2 Å². The molecule has 15 heavy (non-hydrogen) atoms. The van der Waals surface area contributed by atoms with Crippen molar-refractivity contribution < 1.29 is 10.2 Å². The van der Waals surface area contributed by atoms with Crippen LogP contribution in [-0.4, -0.2) is 28.7 Å². The number of hydrogen-bond donors (Lipinski definition) is 2. The van der Waals surface area contributed by atoms with Gasteiger partial charge >= 0.3 is 0 Å². The Morgan fingerprint density at radius 3 is 2.73 bits per heavy atom. The van der Waals surface area contributed by atoms with Crippen LogP contribution >= 0.6 is 35.0 Å². The Morgan fingerprint density at radius 1 is 1.33 bits per heavy atom. The monoisotopic (exact) mass is 266 g/mol. The third-order valence-corrected chi connectivity index (χ3v) is 3.80. The van der Waals surface area contributed by atoms with E-state index in [2.05, 4.69) is 0 Å². The van der Waals surface area contributed by atoms with Crippen LogP contribution in [0.5, 0.6) is 0 Å². The van der Waals surface area contributed by atoms with Crippen LogP contribution in [0.2, 0.25) is 10.0 Å². The van der Waals surface area contributed by atoms with Gasteiger partial charge in [-0.3, -0.25) is 0 Å². The predicted octanol–water partition coefficient (Wildman–Crippen LogP) is 2.58. The maximum Gasteiger partial charge on any atom is 0.0861 e. The van der Waals surface area contributed by atoms with E-state index in [4.69, 9.17) is 33.4 Å². The van der Waals surface area contributed by atoms with Crippen molar-refractivity contribution in [2.24, 2.45) is 0 Å². The summed E-state index contributed by atoms with van der Waals surface area (Å²) in [6.07, 6.45) is -0.673. The van der Waals surface area contributed by atoms with E-state index in [1.165, 1.54) is 11.8 Å². The molecule has 1 unspecified atom stereocenters. The summed E-state index contributed by atoms with van der Waals surface area (Å²) in [7, 11) is 0. The Morgan fingerprint density at radius 2 is 2.07 bits per heavy atom. The van der Waals surface area contributed by atoms with Crippen LogP contribution in [0.25, 0.3) is 0 Å². The molecule has 0 spiro atoms. The van der Waals surface area contributed by atoms with Gasteiger partial charge in [-0.2, -0.15) is 11.8 Å². The number of rotatable bonds is 5. The fourth-order valence-corrected chi connectivity index (χ4v) is 2.44. The SMILES string of the molecule is OCC(O)CSCc1cccc(Cl)c1Cl. The largest absolute Gasteiger partial charge is 0.394 e. The van der Waals surface area contributed by atoms with E-state index in [0.717, 1.165) is 5.56 Å². The second-order valence-electron chi connectivity index (χ2n) is 3.06. The van der Waals surface area contributed by atoms with Crippen molar-refractivity contribution in [2.75, 3.05) is 12.4 Å². The molecule has 5 heteroatoms. The Bertz CT molecular complexity index is 320. The molecule has 2 N–H and O–H groups in total. The van der Waals surface area contributed by atoms with Crippen LogP contribution in [0, 0.1) is 0 Å². The number of halogens is 2. The van der Waals surface area contributed by atoms with E-state index in [0.29, 0.717) is 21.6 Å². The molecule has 84 valence electrons. The first-order valence-corrected chi connectivity index (χ1v) is 6.35. The molecule has 0 aliphatic rings. The topological polar surface area (TPSA) is 40.5 Å². The number of hydrogen-bond acceptors (Lipinski definition) is 3. The Balaban J connectivity index is 2.47. The zero-order chi connectivity index (χ0) is 11.3. The van der Waals surface area contributed by atoms with Crippen molar-refractivity contribution in [3.63, 3.8) is 0 Å². The molecule has 1 atom stereocenters. The zero-order valence-corrected chi connectivity index (χ0v) is 10.3. The second-order valence-corrected chi connectivity index (χ2v) is 4.88. The minimum Gasteiger partial charge on any atom is -0.394 e. The smallest absolute Gasteiger partial charge is 0.0861 e. The maximum atomic E-state index is 9.13. The van der Waals surface area contributed by atoms with Crippen LogP contribution in [0.15, 0.2) is 18.2 Å². The van der Waals surface area contributed by atoms with E-state index >= 15 is 0 Å². The molecule has 1 aromatic carbocycles. The van der Waals surface area contributed by atoms with Gasteiger partial charge in [0.25, 0.3) is 0 Å². The van der Waals surface area contributed by atoms with Gasteiger partial charge in [0.2, 0.25) is 0 Å². The van der Waals surface area contributed by atoms with E-state index in [9.17, 15) is 0 Å². The molecule has 0 heterocycles. The number of thioether (sulfide) groups is 1. The fourth-order valence-electron chi connectivity index (χ4n) is 1.02. The standard InChI is InChI=1S/C10H12Cl2O2S/c11-9-3-1-2-7(10(9)12)5-15-6-8(14)4-13/h1-3,8,13-14H,4-6H2. The molecular weight excluding hydrogens is 255 g/mol. The highest BCUT2D eigenvalue weighted by atomic mass is 35.5. The lowest BCUT2D eigenvalue weighted by Crippen LogP contribution is -2.14. The summed E-state index contributed by atoms with van der Waals surface area (Å²) < 4.78 is 0. The number of aliphatic hydroxyl groups excluding tert-OH is 2. The quantitative estimate of drug-likeness (QED) is 0.861. The predicted molar refractivity (Wildman–Crippen MR) is 65.7 cm³/mol. The van der Waals surface area contributed by atoms with E-state index < -0.39 is 6.10 Å². The van der Waals surface area contributed by atoms with Crippen molar-refractivity contribution in [3.05, 3.63) is 33.8 Å². The fraction of sp³-hybridized carbons (Fsp3) is 0.400. The Labute approximate surface area is 103 Å². The maximum absolute atomic E-state index is 9.13. The molecule has 0 amide bonds. The molecule has 0 aliphatic heterocycles. The van der Waals surface area contributed by atoms with E-state index in [-0.39, 0.29) is 6.61 Å². The van der Waals surface area contributed by atoms with E-state index in [1.807, 2.05) is 12.1 Å². The van der Waals surface area contributed by atoms with Crippen LogP contribution in [0.3, 0.4) is 0 Å². The van der Waals surface area contributed by atoms with Crippen molar-refractivity contribution in [1.29, 1.82) is 0 Å². The molecule has 0 radical (unpaired) electrons. The van der Waals surface area contributed by atoms with Crippen molar-refractivity contribution in [2.45, 2.75) is 11.9 Å². The molecule has 1 rings (SSSR count). The minimum absolute atomic E-state index is 0.212. The third kappa shape index (κ3) is 4.21. The normalized spacial score (nSPS) is 12.8. The summed E-state index contributed by atoms with van der Waals surface area (Å²) in [5, 5.41) is 18.8. The summed E-state index contributed by atoms with van der Waals surface area (Å²) in [5.74, 6) is 1.16. The Kier molecular flexibility index (Phi) is 5.79. The molecule has 1 aromatic rings. The average molecular weight is 267 g/mol. The summed E-state index contributed by atoms with van der Waals surface area (Å²) in [6.45, 7) is -0.212. The van der Waals surface area contributed by atoms with E-state index in [1.54, 1.807) is 6.07 Å². The van der Waals surface area contributed by atoms with Crippen molar-refractivity contribution in [1.82, 2.24) is 0 Å². The molecule has 0 aliphatic carbocycles. The van der Waals surface area contributed by atoms with Gasteiger partial charge in [-0.15, -0.1) is 0 Å². The first-order valence-electron chi connectivity index (χ1n) is 4.44. The molecule has 0 aromatic heterocycles. The van der Waals surface area contributed by atoms with Crippen LogP contribution in [-0.2, 0) is 5.75 Å². The Hall–Kier alpha value is 0.0700. The zero-order valence-electron chi connectivity index (χ0n) is 7.99. The van der Waals surface area contributed by atoms with Crippen LogP contribution in [0.1, 0.15) is 5.56 Å². The molecular formula is C10H12Cl2O2S. The van der Waals surface area contributed by atoms with Gasteiger partial charge in [0.15, 0.2) is 0 Å². The number of benzene rings is 1. The van der Waals surface area contributed by atoms with Gasteiger partial charge in [-0.1, -0.05) is 35.3 Å². The number of aliphatic hydroxyl groups is 2. The first-order chi connectivity index (χ1) is 7.15. The molecule has 0 bridgehead atoms. The lowest BCUT2D eigenvalue weighted by molar-refractivity contribution is 0.113. The van der Waals surface area contributed by atoms with Gasteiger partial charge in [0, 0.05) is 11.5 Å². The lowest BCUT2D eigenvalue weighted by atomic mass is 10.2. The summed E-state index contributed by atoms with van der Waals surface area (Å²) >= 11 is 13.3. The molecule has 0 fully saturated rings. The summed E-state index contributed by atoms with van der Waals surface area (Å²) in [4.78, 5) is 0. The van der Waals surface area contributed by atoms with Gasteiger partial charge in [0.1, 0.15) is 0 Å². The highest BCUT2D eigenvalue weighted by Crippen LogP contribution is 2.28. The summed E-state index contributed by atoms with van der Waals surface area (Å²) in [6, 6.07) is 5.47. The molecule has 0 saturated carbocycles. The highest BCUT2D eigenvalue weighted by Gasteiger charge is 2.06. The van der Waals surface area contributed by atoms with Crippen molar-refractivity contribution >= 4 is 35.0 Å². The third-order valence-electron chi connectivity index (χ3n) is 1.81. The lowest BCUT2D eigenvalue weighted by Gasteiger charge is -2.08. The van der Waals surface area contributed by atoms with Gasteiger partial charge in [-0.25, -0.2) is 0 Å². The van der Waals surface area contributed by atoms with Crippen molar-refractivity contribution in [3.8, 4) is 0 Å². The minimum atomic E-state index is -0.673. The highest BCUT2D eigenvalue weighted by molar-refractivity contribution is 7.98. The molecule has 2 nitrogen and oxygen atoms in total.